The summed E-state index contributed by atoms with van der Waals surface area (Å²) in [6.07, 6.45) is 4.11. The lowest BCUT2D eigenvalue weighted by Crippen LogP contribution is -2.49. The highest BCUT2D eigenvalue weighted by atomic mass is 16.5. The van der Waals surface area contributed by atoms with Crippen LogP contribution >= 0.6 is 0 Å². The van der Waals surface area contributed by atoms with E-state index in [0.717, 1.165) is 31.5 Å². The van der Waals surface area contributed by atoms with E-state index in [2.05, 4.69) is 51.6 Å². The van der Waals surface area contributed by atoms with Crippen molar-refractivity contribution < 1.29 is 4.74 Å². The molecule has 1 saturated carbocycles. The molecule has 3 nitrogen and oxygen atoms in total. The molecule has 1 aliphatic rings. The Morgan fingerprint density at radius 3 is 2.26 bits per heavy atom. The smallest absolute Gasteiger partial charge is 0.0605 e. The van der Waals surface area contributed by atoms with Crippen LogP contribution < -0.4 is 0 Å². The van der Waals surface area contributed by atoms with Crippen LogP contribution in [0.2, 0.25) is 0 Å². The molecule has 1 aliphatic carbocycles. The molecule has 0 aromatic heterocycles. The summed E-state index contributed by atoms with van der Waals surface area (Å²) in [7, 11) is 4.43. The van der Waals surface area contributed by atoms with Crippen LogP contribution in [0.15, 0.2) is 0 Å². The largest absolute Gasteiger partial charge is 0.378 e. The maximum atomic E-state index is 5.94. The fourth-order valence-electron chi connectivity index (χ4n) is 2.73. The highest BCUT2D eigenvalue weighted by molar-refractivity contribution is 4.88. The van der Waals surface area contributed by atoms with Crippen LogP contribution in [0.4, 0.5) is 0 Å². The molecule has 0 aromatic carbocycles. The van der Waals surface area contributed by atoms with Gasteiger partial charge in [0.15, 0.2) is 0 Å². The number of nitrogens with zero attached hydrogens (tertiary/aromatic N) is 2. The van der Waals surface area contributed by atoms with Gasteiger partial charge >= 0.3 is 0 Å². The van der Waals surface area contributed by atoms with Crippen LogP contribution in [-0.4, -0.2) is 61.8 Å². The zero-order valence-electron chi connectivity index (χ0n) is 13.9. The molecule has 0 atom stereocenters. The van der Waals surface area contributed by atoms with Gasteiger partial charge in [0.1, 0.15) is 0 Å². The molecule has 0 unspecified atom stereocenters. The van der Waals surface area contributed by atoms with Crippen LogP contribution in [0.5, 0.6) is 0 Å². The van der Waals surface area contributed by atoms with Gasteiger partial charge in [-0.05, 0) is 53.1 Å². The second kappa shape index (κ2) is 8.23. The highest BCUT2D eigenvalue weighted by Crippen LogP contribution is 2.28. The fourth-order valence-corrected chi connectivity index (χ4v) is 2.73. The van der Waals surface area contributed by atoms with Gasteiger partial charge in [-0.3, -0.25) is 0 Å². The first-order valence-corrected chi connectivity index (χ1v) is 7.92. The van der Waals surface area contributed by atoms with Crippen LogP contribution in [0.3, 0.4) is 0 Å². The molecule has 3 heteroatoms. The number of ether oxygens (including phenoxy) is 1. The first kappa shape index (κ1) is 16.9. The highest BCUT2D eigenvalue weighted by Gasteiger charge is 2.33. The van der Waals surface area contributed by atoms with Crippen molar-refractivity contribution in [3.8, 4) is 0 Å². The van der Waals surface area contributed by atoms with E-state index in [4.69, 9.17) is 4.74 Å². The van der Waals surface area contributed by atoms with Crippen LogP contribution in [0, 0.1) is 5.92 Å². The van der Waals surface area contributed by atoms with E-state index in [1.807, 2.05) is 0 Å². The van der Waals surface area contributed by atoms with Crippen molar-refractivity contribution in [1.82, 2.24) is 9.80 Å². The van der Waals surface area contributed by atoms with Crippen molar-refractivity contribution in [2.24, 2.45) is 5.92 Å². The van der Waals surface area contributed by atoms with Crippen LogP contribution in [0.1, 0.15) is 47.0 Å². The minimum absolute atomic E-state index is 0.515. The number of rotatable bonds is 9. The number of hydrogen-bond acceptors (Lipinski definition) is 3. The van der Waals surface area contributed by atoms with Crippen molar-refractivity contribution in [1.29, 1.82) is 0 Å². The molecule has 0 bridgehead atoms. The van der Waals surface area contributed by atoms with Crippen molar-refractivity contribution in [2.75, 3.05) is 33.8 Å². The van der Waals surface area contributed by atoms with Gasteiger partial charge in [0.05, 0.1) is 6.10 Å². The minimum Gasteiger partial charge on any atom is -0.378 e. The second-order valence-corrected chi connectivity index (χ2v) is 6.89. The molecule has 0 N–H and O–H groups in total. The fraction of sp³-hybridized carbons (Fsp3) is 1.00. The third kappa shape index (κ3) is 6.24. The van der Waals surface area contributed by atoms with Gasteiger partial charge in [-0.25, -0.2) is 0 Å². The van der Waals surface area contributed by atoms with Crippen LogP contribution in [0.25, 0.3) is 0 Å². The molecule has 1 rings (SSSR count). The van der Waals surface area contributed by atoms with Crippen molar-refractivity contribution in [3.05, 3.63) is 0 Å². The van der Waals surface area contributed by atoms with E-state index in [1.165, 1.54) is 19.4 Å². The summed E-state index contributed by atoms with van der Waals surface area (Å²) in [5, 5.41) is 0. The lowest BCUT2D eigenvalue weighted by molar-refractivity contribution is -0.0529. The Balaban J connectivity index is 1.98. The van der Waals surface area contributed by atoms with Gasteiger partial charge < -0.3 is 14.5 Å². The second-order valence-electron chi connectivity index (χ2n) is 6.89. The predicted octanol–water partition coefficient (Wildman–Crippen LogP) is 2.85. The molecular formula is C16H34N2O. The average Bonchev–Trinajstić information content (AvgIpc) is 2.24. The topological polar surface area (TPSA) is 15.7 Å². The zero-order valence-corrected chi connectivity index (χ0v) is 13.9. The predicted molar refractivity (Wildman–Crippen MR) is 82.6 cm³/mol. The van der Waals surface area contributed by atoms with Crippen molar-refractivity contribution >= 4 is 0 Å². The summed E-state index contributed by atoms with van der Waals surface area (Å²) in [5.74, 6) is 0.755. The van der Waals surface area contributed by atoms with E-state index in [9.17, 15) is 0 Å². The Morgan fingerprint density at radius 2 is 1.74 bits per heavy atom. The van der Waals surface area contributed by atoms with E-state index in [0.29, 0.717) is 12.1 Å². The maximum absolute atomic E-state index is 5.94. The van der Waals surface area contributed by atoms with Crippen molar-refractivity contribution in [2.45, 2.75) is 65.1 Å². The first-order valence-electron chi connectivity index (χ1n) is 7.92. The molecule has 0 aromatic rings. The van der Waals surface area contributed by atoms with E-state index in [-0.39, 0.29) is 0 Å². The van der Waals surface area contributed by atoms with E-state index in [1.54, 1.807) is 0 Å². The first-order chi connectivity index (χ1) is 8.90. The van der Waals surface area contributed by atoms with Gasteiger partial charge in [0.25, 0.3) is 0 Å². The van der Waals surface area contributed by atoms with E-state index >= 15 is 0 Å². The molecule has 19 heavy (non-hydrogen) atoms. The van der Waals surface area contributed by atoms with Crippen molar-refractivity contribution in [3.63, 3.8) is 0 Å². The number of hydrogen-bond donors (Lipinski definition) is 0. The summed E-state index contributed by atoms with van der Waals surface area (Å²) in [6, 6.07) is 1.39. The molecule has 0 amide bonds. The lowest BCUT2D eigenvalue weighted by Gasteiger charge is -2.42. The van der Waals surface area contributed by atoms with Gasteiger partial charge in [0.2, 0.25) is 0 Å². The standard InChI is InChI=1S/C16H34N2O/c1-13(2)12-17(5)8-7-9-19-16-10-15(11-16)18(6)14(3)4/h13-16H,7-12H2,1-6H3. The van der Waals surface area contributed by atoms with Gasteiger partial charge in [-0.2, -0.15) is 0 Å². The van der Waals surface area contributed by atoms with E-state index < -0.39 is 0 Å². The van der Waals surface area contributed by atoms with Gasteiger partial charge in [-0.1, -0.05) is 13.8 Å². The van der Waals surface area contributed by atoms with Crippen LogP contribution in [-0.2, 0) is 4.74 Å². The average molecular weight is 270 g/mol. The molecule has 0 saturated heterocycles. The summed E-state index contributed by atoms with van der Waals surface area (Å²) >= 11 is 0. The Hall–Kier alpha value is -0.120. The molecular weight excluding hydrogens is 236 g/mol. The molecule has 0 spiro atoms. The molecule has 114 valence electrons. The lowest BCUT2D eigenvalue weighted by atomic mass is 9.87. The quantitative estimate of drug-likeness (QED) is 0.599. The normalized spacial score (nSPS) is 23.7. The third-order valence-electron chi connectivity index (χ3n) is 4.17. The van der Waals surface area contributed by atoms with Gasteiger partial charge in [0, 0.05) is 31.8 Å². The summed E-state index contributed by atoms with van der Waals surface area (Å²) in [6.45, 7) is 12.3. The summed E-state index contributed by atoms with van der Waals surface area (Å²) in [4.78, 5) is 4.88. The Kier molecular flexibility index (Phi) is 7.33. The molecule has 0 heterocycles. The molecule has 1 fully saturated rings. The Bertz CT molecular complexity index is 237. The Morgan fingerprint density at radius 1 is 1.11 bits per heavy atom. The summed E-state index contributed by atoms with van der Waals surface area (Å²) < 4.78 is 5.94. The Labute approximate surface area is 120 Å². The third-order valence-corrected chi connectivity index (χ3v) is 4.17. The summed E-state index contributed by atoms with van der Waals surface area (Å²) in [5.41, 5.74) is 0. The van der Waals surface area contributed by atoms with Gasteiger partial charge in [-0.15, -0.1) is 0 Å². The zero-order chi connectivity index (χ0) is 14.4. The SMILES string of the molecule is CC(C)CN(C)CCCOC1CC(N(C)C(C)C)C1. The molecule has 0 aliphatic heterocycles. The monoisotopic (exact) mass is 270 g/mol. The minimum atomic E-state index is 0.515. The maximum Gasteiger partial charge on any atom is 0.0605 e. The molecule has 0 radical (unpaired) electrons.